The van der Waals surface area contributed by atoms with Gasteiger partial charge in [-0.05, 0) is 36.7 Å². The number of rotatable bonds is 6. The van der Waals surface area contributed by atoms with Crippen LogP contribution < -0.4 is 0 Å². The molecular weight excluding hydrogens is 489 g/mol. The first-order valence-corrected chi connectivity index (χ1v) is 19.3. The van der Waals surface area contributed by atoms with Gasteiger partial charge in [-0.3, -0.25) is 9.98 Å². The van der Waals surface area contributed by atoms with Crippen LogP contribution in [0.15, 0.2) is 65.5 Å². The van der Waals surface area contributed by atoms with E-state index in [0.29, 0.717) is 0 Å². The summed E-state index contributed by atoms with van der Waals surface area (Å²) in [6.45, 7) is 14.2. The van der Waals surface area contributed by atoms with Crippen LogP contribution in [0, 0.1) is 5.41 Å². The van der Waals surface area contributed by atoms with Crippen molar-refractivity contribution in [3.63, 3.8) is 0 Å². The van der Waals surface area contributed by atoms with Crippen LogP contribution in [0.5, 0.6) is 0 Å². The third kappa shape index (κ3) is 4.57. The average molecular weight is 519 g/mol. The first-order valence-electron chi connectivity index (χ1n) is 10.5. The van der Waals surface area contributed by atoms with Gasteiger partial charge in [0.25, 0.3) is 0 Å². The maximum absolute atomic E-state index is 5.24. The number of hydrogen-bond donors (Lipinski definition) is 2. The van der Waals surface area contributed by atoms with Crippen molar-refractivity contribution in [1.82, 2.24) is 0 Å². The second-order valence-corrected chi connectivity index (χ2v) is 21.6. The largest absolute Gasteiger partial charge is 0.266 e. The van der Waals surface area contributed by atoms with Crippen LogP contribution in [0.25, 0.3) is 0 Å². The number of aliphatic imine (C=N–C) groups is 2. The summed E-state index contributed by atoms with van der Waals surface area (Å²) in [4.78, 5) is 15.3. The van der Waals surface area contributed by atoms with E-state index in [-0.39, 0.29) is 5.41 Å². The molecule has 0 unspecified atom stereocenters. The summed E-state index contributed by atoms with van der Waals surface area (Å²) in [6, 6.07) is 4.17. The first kappa shape index (κ1) is 23.5. The summed E-state index contributed by atoms with van der Waals surface area (Å²) in [5.74, 6) is 0. The van der Waals surface area contributed by atoms with Crippen LogP contribution in [0.3, 0.4) is 0 Å². The zero-order chi connectivity index (χ0) is 22.6. The van der Waals surface area contributed by atoms with E-state index in [1.165, 1.54) is 31.8 Å². The van der Waals surface area contributed by atoms with Gasteiger partial charge in [0.1, 0.15) is 16.1 Å². The number of hydrogen-bond acceptors (Lipinski definition) is 6. The van der Waals surface area contributed by atoms with Gasteiger partial charge in [0.05, 0.1) is 0 Å². The van der Waals surface area contributed by atoms with Crippen molar-refractivity contribution in [2.75, 3.05) is 0 Å². The van der Waals surface area contributed by atoms with Gasteiger partial charge in [-0.25, -0.2) is 0 Å². The monoisotopic (exact) mass is 518 g/mol. The zero-order valence-electron chi connectivity index (χ0n) is 19.0. The lowest BCUT2D eigenvalue weighted by molar-refractivity contribution is 0.530. The fourth-order valence-electron chi connectivity index (χ4n) is 4.04. The van der Waals surface area contributed by atoms with Crippen molar-refractivity contribution >= 4 is 74.7 Å². The molecule has 31 heavy (non-hydrogen) atoms. The van der Waals surface area contributed by atoms with Crippen molar-refractivity contribution in [1.29, 1.82) is 0 Å². The van der Waals surface area contributed by atoms with Gasteiger partial charge in [-0.2, -0.15) is 0 Å². The van der Waals surface area contributed by atoms with Gasteiger partial charge in [-0.15, -0.1) is 47.9 Å². The molecule has 2 aromatic heterocycles. The Morgan fingerprint density at radius 3 is 1.48 bits per heavy atom. The lowest BCUT2D eigenvalue weighted by atomic mass is 9.87. The number of thiol groups is 2. The Labute approximate surface area is 207 Å². The fraction of sp³-hybridized carbons (Fsp3) is 0.391. The second kappa shape index (κ2) is 8.29. The van der Waals surface area contributed by atoms with Gasteiger partial charge >= 0.3 is 0 Å². The van der Waals surface area contributed by atoms with Crippen molar-refractivity contribution in [2.24, 2.45) is 15.4 Å². The lowest BCUT2D eigenvalue weighted by Crippen LogP contribution is -2.34. The van der Waals surface area contributed by atoms with E-state index in [9.17, 15) is 0 Å². The highest BCUT2D eigenvalue weighted by Crippen LogP contribution is 2.44. The molecule has 0 amide bonds. The summed E-state index contributed by atoms with van der Waals surface area (Å²) in [7, 11) is -3.39. The molecule has 0 fully saturated rings. The quantitative estimate of drug-likeness (QED) is 0.293. The van der Waals surface area contributed by atoms with Crippen LogP contribution in [0.4, 0.5) is 0 Å². The van der Waals surface area contributed by atoms with Crippen LogP contribution in [-0.2, 0) is 12.8 Å². The van der Waals surface area contributed by atoms with Gasteiger partial charge in [-0.1, -0.05) is 37.6 Å². The highest BCUT2D eigenvalue weighted by atomic mass is 32.1. The number of thiophene rings is 2. The van der Waals surface area contributed by atoms with Gasteiger partial charge in [0.2, 0.25) is 0 Å². The Hall–Kier alpha value is -0.646. The molecule has 0 saturated carbocycles. The predicted molar refractivity (Wildman–Crippen MR) is 150 cm³/mol. The molecule has 4 heterocycles. The Morgan fingerprint density at radius 2 is 1.16 bits per heavy atom. The molecule has 0 saturated heterocycles. The van der Waals surface area contributed by atoms with Crippen LogP contribution in [-0.4, -0.2) is 26.8 Å². The van der Waals surface area contributed by atoms with E-state index in [2.05, 4.69) is 99.6 Å². The molecule has 0 atom stereocenters. The van der Waals surface area contributed by atoms with Crippen molar-refractivity contribution in [3.8, 4) is 0 Å². The van der Waals surface area contributed by atoms with Crippen LogP contribution >= 0.6 is 47.9 Å². The summed E-state index contributed by atoms with van der Waals surface area (Å²) >= 11 is 12.8. The minimum absolute atomic E-state index is 0.184. The van der Waals surface area contributed by atoms with E-state index in [0.717, 1.165) is 22.6 Å². The Bertz CT molecular complexity index is 1060. The van der Waals surface area contributed by atoms with Gasteiger partial charge in [0.15, 0.2) is 0 Å². The van der Waals surface area contributed by atoms with Crippen LogP contribution in [0.1, 0.15) is 23.6 Å². The normalized spacial score (nSPS) is 19.9. The highest BCUT2D eigenvalue weighted by molar-refractivity contribution is 7.80. The molecule has 2 aliphatic rings. The minimum Gasteiger partial charge on any atom is -0.266 e. The third-order valence-corrected chi connectivity index (χ3v) is 14.9. The SMILES string of the molecule is CC(C)(C1=C[Si](C)(C)C(Cc2sccc2S)=N1)C1=C[Si](C)(C)C(Cc2sccc2S)=N1. The Kier molecular flexibility index (Phi) is 6.29. The molecule has 0 spiro atoms. The van der Waals surface area contributed by atoms with Gasteiger partial charge in [0, 0.05) is 59.9 Å². The number of nitrogens with zero attached hydrogens (tertiary/aromatic N) is 2. The predicted octanol–water partition coefficient (Wildman–Crippen LogP) is 7.45. The standard InChI is InChI=1S/C23H30N2S4Si2/c1-23(2,19-13-30(3,4)21(24-19)11-17-15(26)7-9-28-17)20-14-31(5,6)22(25-20)12-18-16(27)8-10-29-18/h7-10,13-14,26-27H,11-12H2,1-6H3. The maximum Gasteiger partial charge on any atom is 0.124 e. The summed E-state index contributed by atoms with van der Waals surface area (Å²) in [6.07, 6.45) is 1.84. The molecule has 0 bridgehead atoms. The van der Waals surface area contributed by atoms with Crippen molar-refractivity contribution < 1.29 is 0 Å². The second-order valence-electron chi connectivity index (χ2n) is 10.1. The van der Waals surface area contributed by atoms with Crippen molar-refractivity contribution in [2.45, 2.75) is 62.7 Å². The van der Waals surface area contributed by atoms with Gasteiger partial charge < -0.3 is 0 Å². The third-order valence-electron chi connectivity index (χ3n) is 6.37. The van der Waals surface area contributed by atoms with E-state index in [1.807, 2.05) is 0 Å². The molecule has 0 aromatic carbocycles. The van der Waals surface area contributed by atoms with Crippen LogP contribution in [0.2, 0.25) is 26.2 Å². The van der Waals surface area contributed by atoms with Crippen molar-refractivity contribution in [3.05, 3.63) is 55.4 Å². The molecule has 2 aliphatic heterocycles. The Balaban J connectivity index is 1.63. The zero-order valence-corrected chi connectivity index (χ0v) is 24.4. The van der Waals surface area contributed by atoms with E-state index in [1.54, 1.807) is 22.7 Å². The van der Waals surface area contributed by atoms with E-state index in [4.69, 9.17) is 9.98 Å². The molecule has 0 aliphatic carbocycles. The molecular formula is C23H30N2S4Si2. The minimum atomic E-state index is -1.70. The van der Waals surface area contributed by atoms with E-state index < -0.39 is 16.1 Å². The maximum atomic E-state index is 5.24. The molecule has 8 heteroatoms. The smallest absolute Gasteiger partial charge is 0.124 e. The molecule has 4 rings (SSSR count). The van der Waals surface area contributed by atoms with E-state index >= 15 is 0 Å². The molecule has 164 valence electrons. The molecule has 0 N–H and O–H groups in total. The summed E-state index contributed by atoms with van der Waals surface area (Å²) in [5, 5.41) is 6.95. The topological polar surface area (TPSA) is 24.7 Å². The molecule has 2 nitrogen and oxygen atoms in total. The summed E-state index contributed by atoms with van der Waals surface area (Å²) in [5.41, 5.74) is 7.19. The molecule has 0 radical (unpaired) electrons. The highest BCUT2D eigenvalue weighted by Gasteiger charge is 2.42. The average Bonchev–Trinajstić information content (AvgIpc) is 3.40. The summed E-state index contributed by atoms with van der Waals surface area (Å²) < 4.78 is 0. The lowest BCUT2D eigenvalue weighted by Gasteiger charge is -2.24. The first-order chi connectivity index (χ1) is 14.4. The fourth-order valence-corrected chi connectivity index (χ4v) is 11.3. The molecule has 2 aromatic rings. The Morgan fingerprint density at radius 1 is 0.774 bits per heavy atom.